The van der Waals surface area contributed by atoms with E-state index < -0.39 is 0 Å². The molecule has 132 valence electrons. The molecular formula is C22H23N3S. The van der Waals surface area contributed by atoms with E-state index in [9.17, 15) is 0 Å². The second-order valence-corrected chi connectivity index (χ2v) is 6.88. The Bertz CT molecular complexity index is 906. The Morgan fingerprint density at radius 1 is 0.923 bits per heavy atom. The van der Waals surface area contributed by atoms with Crippen LogP contribution in [0.2, 0.25) is 0 Å². The lowest BCUT2D eigenvalue weighted by Gasteiger charge is -2.24. The van der Waals surface area contributed by atoms with E-state index in [4.69, 9.17) is 12.2 Å². The van der Waals surface area contributed by atoms with Gasteiger partial charge in [0.2, 0.25) is 0 Å². The molecular weight excluding hydrogens is 338 g/mol. The summed E-state index contributed by atoms with van der Waals surface area (Å²) in [6.45, 7) is 6.26. The van der Waals surface area contributed by atoms with Gasteiger partial charge in [-0.15, -0.1) is 0 Å². The number of hydrogen-bond acceptors (Lipinski definition) is 2. The van der Waals surface area contributed by atoms with E-state index in [0.29, 0.717) is 5.11 Å². The van der Waals surface area contributed by atoms with Crippen LogP contribution in [0.4, 0.5) is 5.82 Å². The first-order chi connectivity index (χ1) is 12.5. The number of rotatable bonds is 4. The highest BCUT2D eigenvalue weighted by molar-refractivity contribution is 7.80. The van der Waals surface area contributed by atoms with Gasteiger partial charge >= 0.3 is 0 Å². The quantitative estimate of drug-likeness (QED) is 0.635. The second-order valence-electron chi connectivity index (χ2n) is 6.47. The molecule has 1 aromatic heterocycles. The van der Waals surface area contributed by atoms with Gasteiger partial charge in [-0.25, -0.2) is 4.98 Å². The molecule has 1 atom stereocenters. The Balaban J connectivity index is 1.89. The topological polar surface area (TPSA) is 37.0 Å². The van der Waals surface area contributed by atoms with Gasteiger partial charge in [-0.05, 0) is 61.3 Å². The molecule has 3 aromatic rings. The predicted octanol–water partition coefficient (Wildman–Crippen LogP) is 5.08. The van der Waals surface area contributed by atoms with Crippen LogP contribution in [0.1, 0.15) is 33.9 Å². The van der Waals surface area contributed by atoms with Crippen molar-refractivity contribution in [2.75, 3.05) is 5.32 Å². The zero-order valence-electron chi connectivity index (χ0n) is 15.3. The number of benzene rings is 2. The molecule has 1 heterocycles. The lowest BCUT2D eigenvalue weighted by atomic mass is 9.94. The van der Waals surface area contributed by atoms with Gasteiger partial charge in [0.15, 0.2) is 5.11 Å². The van der Waals surface area contributed by atoms with Gasteiger partial charge in [0.25, 0.3) is 0 Å². The molecule has 0 saturated heterocycles. The SMILES string of the molecule is Cc1ccc(C(NC(=S)Nc2ncccc2C)c2ccccc2)c(C)c1. The second kappa shape index (κ2) is 8.11. The maximum Gasteiger partial charge on any atom is 0.172 e. The van der Waals surface area contributed by atoms with Crippen molar-refractivity contribution < 1.29 is 0 Å². The first-order valence-electron chi connectivity index (χ1n) is 8.66. The maximum absolute atomic E-state index is 5.58. The summed E-state index contributed by atoms with van der Waals surface area (Å²) in [5.41, 5.74) is 5.93. The van der Waals surface area contributed by atoms with Gasteiger partial charge in [0.05, 0.1) is 6.04 Å². The third-order valence-electron chi connectivity index (χ3n) is 4.39. The number of aromatic nitrogens is 1. The highest BCUT2D eigenvalue weighted by Crippen LogP contribution is 2.26. The summed E-state index contributed by atoms with van der Waals surface area (Å²) in [7, 11) is 0. The van der Waals surface area contributed by atoms with Crippen LogP contribution in [0, 0.1) is 20.8 Å². The van der Waals surface area contributed by atoms with Crippen LogP contribution >= 0.6 is 12.2 Å². The zero-order valence-corrected chi connectivity index (χ0v) is 16.1. The minimum Gasteiger partial charge on any atom is -0.351 e. The summed E-state index contributed by atoms with van der Waals surface area (Å²) in [6.07, 6.45) is 1.76. The minimum absolute atomic E-state index is 0.0270. The van der Waals surface area contributed by atoms with Crippen molar-refractivity contribution in [2.24, 2.45) is 0 Å². The van der Waals surface area contributed by atoms with Gasteiger partial charge in [0, 0.05) is 6.20 Å². The fraction of sp³-hybridized carbons (Fsp3) is 0.182. The monoisotopic (exact) mass is 361 g/mol. The molecule has 0 amide bonds. The van der Waals surface area contributed by atoms with Crippen molar-refractivity contribution >= 4 is 23.1 Å². The molecule has 3 rings (SSSR count). The highest BCUT2D eigenvalue weighted by atomic mass is 32.1. The standard InChI is InChI=1S/C22H23N3S/c1-15-11-12-19(17(3)14-15)20(18-9-5-4-6-10-18)24-22(26)25-21-16(2)8-7-13-23-21/h4-14,20H,1-3H3,(H2,23,24,25,26). The van der Waals surface area contributed by atoms with Gasteiger partial charge in [-0.2, -0.15) is 0 Å². The predicted molar refractivity (Wildman–Crippen MR) is 113 cm³/mol. The molecule has 0 radical (unpaired) electrons. The van der Waals surface area contributed by atoms with E-state index in [1.165, 1.54) is 22.3 Å². The van der Waals surface area contributed by atoms with Crippen molar-refractivity contribution in [3.05, 3.63) is 94.7 Å². The number of thiocarbonyl (C=S) groups is 1. The Morgan fingerprint density at radius 3 is 2.38 bits per heavy atom. The molecule has 0 saturated carbocycles. The summed E-state index contributed by atoms with van der Waals surface area (Å²) < 4.78 is 0. The lowest BCUT2D eigenvalue weighted by Crippen LogP contribution is -2.33. The van der Waals surface area contributed by atoms with Gasteiger partial charge in [0.1, 0.15) is 5.82 Å². The fourth-order valence-electron chi connectivity index (χ4n) is 3.03. The molecule has 2 N–H and O–H groups in total. The van der Waals surface area contributed by atoms with Crippen LogP contribution in [0.25, 0.3) is 0 Å². The van der Waals surface area contributed by atoms with Crippen molar-refractivity contribution in [1.82, 2.24) is 10.3 Å². The van der Waals surface area contributed by atoms with Crippen LogP contribution in [0.3, 0.4) is 0 Å². The Labute approximate surface area is 160 Å². The van der Waals surface area contributed by atoms with Crippen LogP contribution in [0.5, 0.6) is 0 Å². The summed E-state index contributed by atoms with van der Waals surface area (Å²) in [5, 5.41) is 7.24. The average molecular weight is 362 g/mol. The molecule has 2 aromatic carbocycles. The van der Waals surface area contributed by atoms with Crippen LogP contribution in [-0.2, 0) is 0 Å². The average Bonchev–Trinajstić information content (AvgIpc) is 2.63. The van der Waals surface area contributed by atoms with Crippen molar-refractivity contribution in [3.8, 4) is 0 Å². The summed E-state index contributed by atoms with van der Waals surface area (Å²) in [5.74, 6) is 0.775. The number of aryl methyl sites for hydroxylation is 3. The zero-order chi connectivity index (χ0) is 18.5. The molecule has 0 spiro atoms. The summed E-state index contributed by atoms with van der Waals surface area (Å²) in [4.78, 5) is 4.36. The van der Waals surface area contributed by atoms with E-state index in [1.807, 2.05) is 37.3 Å². The van der Waals surface area contributed by atoms with Crippen LogP contribution < -0.4 is 10.6 Å². The van der Waals surface area contributed by atoms with Crippen molar-refractivity contribution in [1.29, 1.82) is 0 Å². The summed E-state index contributed by atoms with van der Waals surface area (Å²) in [6, 6.07) is 20.8. The molecule has 4 heteroatoms. The molecule has 3 nitrogen and oxygen atoms in total. The van der Waals surface area contributed by atoms with Crippen LogP contribution in [-0.4, -0.2) is 10.1 Å². The van der Waals surface area contributed by atoms with Gasteiger partial charge < -0.3 is 10.6 Å². The smallest absolute Gasteiger partial charge is 0.172 e. The molecule has 1 unspecified atom stereocenters. The molecule has 0 bridgehead atoms. The maximum atomic E-state index is 5.58. The highest BCUT2D eigenvalue weighted by Gasteiger charge is 2.17. The number of pyridine rings is 1. The van der Waals surface area contributed by atoms with E-state index in [1.54, 1.807) is 6.20 Å². The van der Waals surface area contributed by atoms with Crippen LogP contribution in [0.15, 0.2) is 66.9 Å². The van der Waals surface area contributed by atoms with Crippen molar-refractivity contribution in [3.63, 3.8) is 0 Å². The Morgan fingerprint density at radius 2 is 1.69 bits per heavy atom. The third kappa shape index (κ3) is 4.27. The first-order valence-corrected chi connectivity index (χ1v) is 9.06. The fourth-order valence-corrected chi connectivity index (χ4v) is 3.24. The normalized spacial score (nSPS) is 11.7. The number of anilines is 1. The molecule has 0 aliphatic heterocycles. The number of nitrogens with one attached hydrogen (secondary N) is 2. The van der Waals surface area contributed by atoms with E-state index >= 15 is 0 Å². The third-order valence-corrected chi connectivity index (χ3v) is 4.61. The van der Waals surface area contributed by atoms with E-state index in [0.717, 1.165) is 11.4 Å². The molecule has 26 heavy (non-hydrogen) atoms. The first kappa shape index (κ1) is 18.1. The van der Waals surface area contributed by atoms with E-state index in [-0.39, 0.29) is 6.04 Å². The van der Waals surface area contributed by atoms with E-state index in [2.05, 4.69) is 59.8 Å². The molecule has 0 fully saturated rings. The van der Waals surface area contributed by atoms with Gasteiger partial charge in [-0.1, -0.05) is 60.2 Å². The van der Waals surface area contributed by atoms with Gasteiger partial charge in [-0.3, -0.25) is 0 Å². The largest absolute Gasteiger partial charge is 0.351 e. The number of nitrogens with zero attached hydrogens (tertiary/aromatic N) is 1. The van der Waals surface area contributed by atoms with Crippen molar-refractivity contribution in [2.45, 2.75) is 26.8 Å². The number of hydrogen-bond donors (Lipinski definition) is 2. The molecule has 0 aliphatic carbocycles. The lowest BCUT2D eigenvalue weighted by molar-refractivity contribution is 0.761. The molecule has 0 aliphatic rings. The Kier molecular flexibility index (Phi) is 5.64. The Hall–Kier alpha value is -2.72. The summed E-state index contributed by atoms with van der Waals surface area (Å²) >= 11 is 5.58. The minimum atomic E-state index is -0.0270.